The average Bonchev–Trinajstić information content (AvgIpc) is 3.00. The van der Waals surface area contributed by atoms with E-state index in [4.69, 9.17) is 0 Å². The number of nitrogens with one attached hydrogen (secondary N) is 3. The Labute approximate surface area is 179 Å². The van der Waals surface area contributed by atoms with E-state index in [1.807, 2.05) is 0 Å². The van der Waals surface area contributed by atoms with Gasteiger partial charge in [0.25, 0.3) is 11.8 Å². The molecule has 1 aliphatic carbocycles. The molecule has 0 bridgehead atoms. The van der Waals surface area contributed by atoms with Gasteiger partial charge in [0.1, 0.15) is 11.3 Å². The second-order valence-electron chi connectivity index (χ2n) is 8.16. The van der Waals surface area contributed by atoms with Crippen LogP contribution in [0.2, 0.25) is 0 Å². The van der Waals surface area contributed by atoms with E-state index in [9.17, 15) is 24.3 Å². The summed E-state index contributed by atoms with van der Waals surface area (Å²) in [7, 11) is 0. The lowest BCUT2D eigenvalue weighted by molar-refractivity contribution is -0.124. The zero-order chi connectivity index (χ0) is 22.2. The number of phenolic OH excluding ortho intramolecular Hbond substituents is 1. The lowest BCUT2D eigenvalue weighted by Crippen LogP contribution is -2.51. The van der Waals surface area contributed by atoms with Crippen molar-refractivity contribution >= 4 is 23.6 Å². The molecule has 1 fully saturated rings. The topological polar surface area (TPSA) is 125 Å². The van der Waals surface area contributed by atoms with Gasteiger partial charge in [0.2, 0.25) is 0 Å². The first-order valence-corrected chi connectivity index (χ1v) is 10.1. The minimum absolute atomic E-state index is 0.137. The fourth-order valence-corrected chi connectivity index (χ4v) is 4.17. The van der Waals surface area contributed by atoms with Crippen LogP contribution in [-0.4, -0.2) is 40.3 Å². The molecule has 1 heterocycles. The molecule has 1 spiro atoms. The number of ketones is 1. The Morgan fingerprint density at radius 1 is 1.13 bits per heavy atom. The van der Waals surface area contributed by atoms with Gasteiger partial charge in [-0.25, -0.2) is 4.79 Å². The molecule has 1 saturated heterocycles. The minimum atomic E-state index is -0.919. The van der Waals surface area contributed by atoms with Crippen LogP contribution >= 0.6 is 0 Å². The Kier molecular flexibility index (Phi) is 5.22. The molecule has 1 aliphatic heterocycles. The molecular formula is C23H23N3O5. The van der Waals surface area contributed by atoms with Gasteiger partial charge in [-0.05, 0) is 67.1 Å². The molecule has 0 aromatic heterocycles. The Morgan fingerprint density at radius 2 is 1.87 bits per heavy atom. The molecular weight excluding hydrogens is 398 g/mol. The van der Waals surface area contributed by atoms with Crippen molar-refractivity contribution in [3.05, 3.63) is 64.7 Å². The predicted octanol–water partition coefficient (Wildman–Crippen LogP) is 1.39. The summed E-state index contributed by atoms with van der Waals surface area (Å²) in [4.78, 5) is 48.6. The van der Waals surface area contributed by atoms with Crippen LogP contribution in [0.4, 0.5) is 4.79 Å². The van der Waals surface area contributed by atoms with Crippen LogP contribution in [-0.2, 0) is 28.9 Å². The molecule has 2 aromatic carbocycles. The van der Waals surface area contributed by atoms with Crippen molar-refractivity contribution in [2.45, 2.75) is 44.2 Å². The molecule has 1 unspecified atom stereocenters. The molecule has 160 valence electrons. The van der Waals surface area contributed by atoms with Gasteiger partial charge < -0.3 is 15.7 Å². The van der Waals surface area contributed by atoms with Gasteiger partial charge in [-0.1, -0.05) is 18.2 Å². The number of imide groups is 1. The summed E-state index contributed by atoms with van der Waals surface area (Å²) in [5, 5.41) is 17.2. The van der Waals surface area contributed by atoms with Crippen molar-refractivity contribution in [1.82, 2.24) is 16.0 Å². The summed E-state index contributed by atoms with van der Waals surface area (Å²) in [6.45, 7) is 1.43. The number of hydrogen-bond donors (Lipinski definition) is 4. The highest BCUT2D eigenvalue weighted by atomic mass is 16.3. The van der Waals surface area contributed by atoms with Crippen LogP contribution in [0.5, 0.6) is 5.75 Å². The van der Waals surface area contributed by atoms with Gasteiger partial charge in [-0.15, -0.1) is 0 Å². The number of carbonyl (C=O) groups is 4. The zero-order valence-corrected chi connectivity index (χ0v) is 17.0. The molecule has 0 radical (unpaired) electrons. The molecule has 0 saturated carbocycles. The Morgan fingerprint density at radius 3 is 2.52 bits per heavy atom. The van der Waals surface area contributed by atoms with Crippen LogP contribution in [0.15, 0.2) is 42.5 Å². The summed E-state index contributed by atoms with van der Waals surface area (Å²) >= 11 is 0. The summed E-state index contributed by atoms with van der Waals surface area (Å²) in [6.07, 6.45) is 1.70. The summed E-state index contributed by atoms with van der Waals surface area (Å²) in [6, 6.07) is 10.6. The monoisotopic (exact) mass is 421 g/mol. The lowest BCUT2D eigenvalue weighted by atomic mass is 9.77. The smallest absolute Gasteiger partial charge is 0.322 e. The van der Waals surface area contributed by atoms with E-state index in [1.54, 1.807) is 30.3 Å². The van der Waals surface area contributed by atoms with Crippen molar-refractivity contribution in [3.63, 3.8) is 0 Å². The molecule has 31 heavy (non-hydrogen) atoms. The number of phenols is 1. The van der Waals surface area contributed by atoms with Crippen molar-refractivity contribution in [2.75, 3.05) is 0 Å². The first-order valence-electron chi connectivity index (χ1n) is 10.1. The molecule has 4 N–H and O–H groups in total. The molecule has 2 aliphatic rings. The third kappa shape index (κ3) is 4.14. The highest BCUT2D eigenvalue weighted by Crippen LogP contribution is 2.31. The maximum atomic E-state index is 12.8. The Bertz CT molecular complexity index is 1080. The van der Waals surface area contributed by atoms with Gasteiger partial charge in [0.15, 0.2) is 5.78 Å². The average molecular weight is 421 g/mol. The number of Topliss-reactive ketones (excluding diaryl/α,β-unsaturated/α-hetero) is 1. The Hall–Kier alpha value is -3.68. The number of aryl methyl sites for hydroxylation is 1. The van der Waals surface area contributed by atoms with Gasteiger partial charge >= 0.3 is 6.03 Å². The summed E-state index contributed by atoms with van der Waals surface area (Å²) < 4.78 is 0. The molecule has 2 aromatic rings. The van der Waals surface area contributed by atoms with Crippen LogP contribution < -0.4 is 16.0 Å². The van der Waals surface area contributed by atoms with E-state index in [0.717, 1.165) is 16.7 Å². The first kappa shape index (κ1) is 20.6. The predicted molar refractivity (Wildman–Crippen MR) is 112 cm³/mol. The molecule has 4 rings (SSSR count). The van der Waals surface area contributed by atoms with E-state index in [-0.39, 0.29) is 23.3 Å². The van der Waals surface area contributed by atoms with E-state index in [0.29, 0.717) is 31.2 Å². The second-order valence-corrected chi connectivity index (χ2v) is 8.16. The van der Waals surface area contributed by atoms with Gasteiger partial charge in [-0.2, -0.15) is 0 Å². The normalized spacial score (nSPS) is 20.5. The van der Waals surface area contributed by atoms with Crippen molar-refractivity contribution in [3.8, 4) is 5.75 Å². The van der Waals surface area contributed by atoms with Crippen molar-refractivity contribution < 1.29 is 24.3 Å². The van der Waals surface area contributed by atoms with Gasteiger partial charge in [0.05, 0.1) is 6.04 Å². The van der Waals surface area contributed by atoms with Crippen molar-refractivity contribution in [1.29, 1.82) is 0 Å². The van der Waals surface area contributed by atoms with E-state index in [2.05, 4.69) is 16.0 Å². The van der Waals surface area contributed by atoms with Gasteiger partial charge in [-0.3, -0.25) is 19.7 Å². The highest BCUT2D eigenvalue weighted by Gasteiger charge is 2.47. The number of urea groups is 1. The zero-order valence-electron chi connectivity index (χ0n) is 17.0. The number of rotatable bonds is 5. The minimum Gasteiger partial charge on any atom is -0.508 e. The van der Waals surface area contributed by atoms with Crippen LogP contribution in [0.3, 0.4) is 0 Å². The number of benzene rings is 2. The number of amides is 4. The molecule has 2 atom stereocenters. The SMILES string of the molecule is CC(=O)[C@@H](Cc1ccc(O)cc1)NC(=O)c1ccc2c(c1)CCC1(C2)NC(=O)NC1=O. The van der Waals surface area contributed by atoms with E-state index >= 15 is 0 Å². The molecule has 8 nitrogen and oxygen atoms in total. The molecule has 4 amide bonds. The fourth-order valence-electron chi connectivity index (χ4n) is 4.17. The molecule has 8 heteroatoms. The maximum Gasteiger partial charge on any atom is 0.322 e. The van der Waals surface area contributed by atoms with Crippen LogP contribution in [0.1, 0.15) is 40.4 Å². The maximum absolute atomic E-state index is 12.8. The van der Waals surface area contributed by atoms with Gasteiger partial charge in [0, 0.05) is 12.0 Å². The van der Waals surface area contributed by atoms with Crippen LogP contribution in [0, 0.1) is 0 Å². The van der Waals surface area contributed by atoms with E-state index in [1.165, 1.54) is 19.1 Å². The lowest BCUT2D eigenvalue weighted by Gasteiger charge is -2.32. The largest absolute Gasteiger partial charge is 0.508 e. The standard InChI is InChI=1S/C23H23N3O5/c1-13(27)19(10-14-2-6-18(28)7-3-14)24-20(29)16-4-5-17-12-23(9-8-15(17)11-16)21(30)25-22(31)26-23/h2-7,11,19,28H,8-10,12H2,1H3,(H,24,29)(H2,25,26,30,31)/t19-,23?/m1/s1. The van der Waals surface area contributed by atoms with Crippen molar-refractivity contribution in [2.24, 2.45) is 0 Å². The van der Waals surface area contributed by atoms with E-state index < -0.39 is 17.6 Å². The van der Waals surface area contributed by atoms with Crippen LogP contribution in [0.25, 0.3) is 0 Å². The highest BCUT2D eigenvalue weighted by molar-refractivity contribution is 6.07. The number of aromatic hydroxyl groups is 1. The Balaban J connectivity index is 1.48. The summed E-state index contributed by atoms with van der Waals surface area (Å²) in [5.41, 5.74) is 2.20. The third-order valence-electron chi connectivity index (χ3n) is 5.97. The second kappa shape index (κ2) is 7.86. The number of hydrogen-bond acceptors (Lipinski definition) is 5. The summed E-state index contributed by atoms with van der Waals surface area (Å²) in [5.74, 6) is -0.695. The quantitative estimate of drug-likeness (QED) is 0.543. The third-order valence-corrected chi connectivity index (χ3v) is 5.97. The number of carbonyl (C=O) groups excluding carboxylic acids is 4. The fraction of sp³-hybridized carbons (Fsp3) is 0.304. The first-order chi connectivity index (χ1) is 14.8. The number of fused-ring (bicyclic) bond motifs is 1.